The molecule has 1 aromatic rings. The van der Waals surface area contributed by atoms with E-state index in [-0.39, 0.29) is 18.8 Å². The number of aliphatic hydroxyl groups is 2. The molecule has 0 aromatic heterocycles. The SMILES string of the molecule is CCNC(CO)(COc1ccc(CO)cc1OC)C1CC1. The van der Waals surface area contributed by atoms with Crippen molar-refractivity contribution in [1.82, 2.24) is 5.32 Å². The maximum atomic E-state index is 9.80. The standard InChI is InChI=1S/C16H25NO4/c1-3-17-16(10-19,13-5-6-13)11-21-14-7-4-12(9-18)8-15(14)20-2/h4,7-8,13,17-19H,3,5-6,9-11H2,1-2H3. The van der Waals surface area contributed by atoms with Crippen LogP contribution in [-0.2, 0) is 6.61 Å². The van der Waals surface area contributed by atoms with Crippen molar-refractivity contribution in [2.75, 3.05) is 26.9 Å². The third kappa shape index (κ3) is 3.67. The van der Waals surface area contributed by atoms with Crippen molar-refractivity contribution < 1.29 is 19.7 Å². The molecule has 0 saturated heterocycles. The summed E-state index contributed by atoms with van der Waals surface area (Å²) in [5.74, 6) is 1.69. The Balaban J connectivity index is 2.10. The summed E-state index contributed by atoms with van der Waals surface area (Å²) < 4.78 is 11.2. The average molecular weight is 295 g/mol. The van der Waals surface area contributed by atoms with Crippen LogP contribution < -0.4 is 14.8 Å². The number of likely N-dealkylation sites (N-methyl/N-ethyl adjacent to an activating group) is 1. The monoisotopic (exact) mass is 295 g/mol. The highest BCUT2D eigenvalue weighted by atomic mass is 16.5. The molecule has 0 aliphatic heterocycles. The molecule has 0 heterocycles. The second kappa shape index (κ2) is 7.11. The molecular formula is C16H25NO4. The number of hydrogen-bond acceptors (Lipinski definition) is 5. The van der Waals surface area contributed by atoms with E-state index in [2.05, 4.69) is 5.32 Å². The second-order valence-electron chi connectivity index (χ2n) is 5.55. The molecule has 1 fully saturated rings. The maximum absolute atomic E-state index is 9.80. The molecule has 1 aliphatic rings. The molecule has 21 heavy (non-hydrogen) atoms. The molecule has 0 amide bonds. The fourth-order valence-corrected chi connectivity index (χ4v) is 2.67. The van der Waals surface area contributed by atoms with Gasteiger partial charge in [-0.3, -0.25) is 0 Å². The molecular weight excluding hydrogens is 270 g/mol. The van der Waals surface area contributed by atoms with Gasteiger partial charge in [0.05, 0.1) is 25.9 Å². The Kier molecular flexibility index (Phi) is 5.45. The van der Waals surface area contributed by atoms with Crippen molar-refractivity contribution in [3.63, 3.8) is 0 Å². The van der Waals surface area contributed by atoms with Crippen LogP contribution in [0.15, 0.2) is 18.2 Å². The normalized spacial score (nSPS) is 17.3. The van der Waals surface area contributed by atoms with Gasteiger partial charge < -0.3 is 25.0 Å². The number of benzene rings is 1. The first kappa shape index (κ1) is 16.1. The van der Waals surface area contributed by atoms with Crippen molar-refractivity contribution in [1.29, 1.82) is 0 Å². The zero-order valence-electron chi connectivity index (χ0n) is 12.8. The highest BCUT2D eigenvalue weighted by Gasteiger charge is 2.45. The molecule has 5 heteroatoms. The molecule has 1 aliphatic carbocycles. The lowest BCUT2D eigenvalue weighted by molar-refractivity contribution is 0.0850. The molecule has 1 unspecified atom stereocenters. The van der Waals surface area contributed by atoms with Gasteiger partial charge in [-0.15, -0.1) is 0 Å². The molecule has 5 nitrogen and oxygen atoms in total. The summed E-state index contributed by atoms with van der Waals surface area (Å²) in [6, 6.07) is 5.37. The zero-order chi connectivity index (χ0) is 15.3. The van der Waals surface area contributed by atoms with Crippen molar-refractivity contribution in [3.8, 4) is 11.5 Å². The Morgan fingerprint density at radius 1 is 1.29 bits per heavy atom. The van der Waals surface area contributed by atoms with Crippen LogP contribution >= 0.6 is 0 Å². The van der Waals surface area contributed by atoms with Gasteiger partial charge in [0.2, 0.25) is 0 Å². The Hall–Kier alpha value is -1.30. The summed E-state index contributed by atoms with van der Waals surface area (Å²) >= 11 is 0. The molecule has 0 radical (unpaired) electrons. The fraction of sp³-hybridized carbons (Fsp3) is 0.625. The highest BCUT2D eigenvalue weighted by Crippen LogP contribution is 2.40. The van der Waals surface area contributed by atoms with Crippen LogP contribution in [0.3, 0.4) is 0 Å². The van der Waals surface area contributed by atoms with Crippen LogP contribution in [-0.4, -0.2) is 42.6 Å². The van der Waals surface area contributed by atoms with E-state index in [1.807, 2.05) is 13.0 Å². The van der Waals surface area contributed by atoms with E-state index in [0.29, 0.717) is 24.0 Å². The van der Waals surface area contributed by atoms with Crippen LogP contribution in [0.4, 0.5) is 0 Å². The first-order chi connectivity index (χ1) is 10.2. The first-order valence-electron chi connectivity index (χ1n) is 7.45. The van der Waals surface area contributed by atoms with Gasteiger partial charge in [0.15, 0.2) is 11.5 Å². The average Bonchev–Trinajstić information content (AvgIpc) is 3.36. The van der Waals surface area contributed by atoms with Gasteiger partial charge in [-0.1, -0.05) is 13.0 Å². The number of ether oxygens (including phenoxy) is 2. The van der Waals surface area contributed by atoms with Gasteiger partial charge in [-0.25, -0.2) is 0 Å². The van der Waals surface area contributed by atoms with Crippen LogP contribution in [0, 0.1) is 5.92 Å². The minimum absolute atomic E-state index is 0.0311. The van der Waals surface area contributed by atoms with Crippen molar-refractivity contribution >= 4 is 0 Å². The van der Waals surface area contributed by atoms with E-state index < -0.39 is 0 Å². The minimum atomic E-state index is -0.380. The third-order valence-corrected chi connectivity index (χ3v) is 4.07. The lowest BCUT2D eigenvalue weighted by Gasteiger charge is -2.33. The van der Waals surface area contributed by atoms with Gasteiger partial charge in [-0.2, -0.15) is 0 Å². The summed E-state index contributed by atoms with van der Waals surface area (Å²) in [6.07, 6.45) is 2.25. The van der Waals surface area contributed by atoms with E-state index in [4.69, 9.17) is 14.6 Å². The maximum Gasteiger partial charge on any atom is 0.161 e. The van der Waals surface area contributed by atoms with Crippen molar-refractivity contribution in [3.05, 3.63) is 23.8 Å². The number of rotatable bonds is 9. The summed E-state index contributed by atoms with van der Waals surface area (Å²) in [4.78, 5) is 0. The van der Waals surface area contributed by atoms with E-state index in [1.165, 1.54) is 0 Å². The predicted octanol–water partition coefficient (Wildman–Crippen LogP) is 1.32. The predicted molar refractivity (Wildman–Crippen MR) is 80.6 cm³/mol. The van der Waals surface area contributed by atoms with Gasteiger partial charge in [0.1, 0.15) is 6.61 Å². The third-order valence-electron chi connectivity index (χ3n) is 4.07. The zero-order valence-corrected chi connectivity index (χ0v) is 12.8. The summed E-state index contributed by atoms with van der Waals surface area (Å²) in [6.45, 7) is 3.25. The van der Waals surface area contributed by atoms with Gasteiger partial charge in [0.25, 0.3) is 0 Å². The molecule has 1 atom stereocenters. The summed E-state index contributed by atoms with van der Waals surface area (Å²) in [5.41, 5.74) is 0.400. The van der Waals surface area contributed by atoms with Crippen LogP contribution in [0.5, 0.6) is 11.5 Å². The van der Waals surface area contributed by atoms with E-state index in [1.54, 1.807) is 19.2 Å². The molecule has 0 bridgehead atoms. The smallest absolute Gasteiger partial charge is 0.161 e. The molecule has 0 spiro atoms. The van der Waals surface area contributed by atoms with Crippen molar-refractivity contribution in [2.24, 2.45) is 5.92 Å². The van der Waals surface area contributed by atoms with E-state index >= 15 is 0 Å². The fourth-order valence-electron chi connectivity index (χ4n) is 2.67. The number of hydrogen-bond donors (Lipinski definition) is 3. The van der Waals surface area contributed by atoms with Gasteiger partial charge in [0, 0.05) is 0 Å². The summed E-state index contributed by atoms with van der Waals surface area (Å²) in [7, 11) is 1.58. The Labute approximate surface area is 125 Å². The molecule has 1 saturated carbocycles. The molecule has 118 valence electrons. The Morgan fingerprint density at radius 2 is 2.05 bits per heavy atom. The minimum Gasteiger partial charge on any atom is -0.493 e. The van der Waals surface area contributed by atoms with E-state index in [0.717, 1.165) is 24.9 Å². The quantitative estimate of drug-likeness (QED) is 0.641. The lowest BCUT2D eigenvalue weighted by atomic mass is 9.95. The molecule has 2 rings (SSSR count). The number of nitrogens with one attached hydrogen (secondary N) is 1. The van der Waals surface area contributed by atoms with Crippen LogP contribution in [0.2, 0.25) is 0 Å². The largest absolute Gasteiger partial charge is 0.493 e. The number of methoxy groups -OCH3 is 1. The molecule has 3 N–H and O–H groups in total. The second-order valence-corrected chi connectivity index (χ2v) is 5.55. The molecule has 1 aromatic carbocycles. The Morgan fingerprint density at radius 3 is 2.57 bits per heavy atom. The van der Waals surface area contributed by atoms with Crippen molar-refractivity contribution in [2.45, 2.75) is 31.9 Å². The first-order valence-corrected chi connectivity index (χ1v) is 7.45. The Bertz CT molecular complexity index is 462. The van der Waals surface area contributed by atoms with Gasteiger partial charge in [-0.05, 0) is 43.0 Å². The van der Waals surface area contributed by atoms with E-state index in [9.17, 15) is 5.11 Å². The number of aliphatic hydroxyl groups excluding tert-OH is 2. The van der Waals surface area contributed by atoms with Crippen LogP contribution in [0.1, 0.15) is 25.3 Å². The van der Waals surface area contributed by atoms with Crippen LogP contribution in [0.25, 0.3) is 0 Å². The topological polar surface area (TPSA) is 71.0 Å². The highest BCUT2D eigenvalue weighted by molar-refractivity contribution is 5.42. The lowest BCUT2D eigenvalue weighted by Crippen LogP contribution is -2.55. The summed E-state index contributed by atoms with van der Waals surface area (Å²) in [5, 5.41) is 22.3. The van der Waals surface area contributed by atoms with Gasteiger partial charge >= 0.3 is 0 Å².